The van der Waals surface area contributed by atoms with E-state index in [2.05, 4.69) is 20.3 Å². The van der Waals surface area contributed by atoms with Gasteiger partial charge in [-0.15, -0.1) is 0 Å². The van der Waals surface area contributed by atoms with Crippen molar-refractivity contribution >= 4 is 52.3 Å². The van der Waals surface area contributed by atoms with E-state index in [9.17, 15) is 24.0 Å². The van der Waals surface area contributed by atoms with E-state index in [-0.39, 0.29) is 28.2 Å². The number of nitrogens with zero attached hydrogens (tertiary/aromatic N) is 3. The lowest BCUT2D eigenvalue weighted by atomic mass is 10.1. The summed E-state index contributed by atoms with van der Waals surface area (Å²) in [6.07, 6.45) is -4.10. The lowest BCUT2D eigenvalue weighted by molar-refractivity contribution is -0.118. The van der Waals surface area contributed by atoms with Crippen LogP contribution in [-0.4, -0.2) is 67.6 Å². The lowest BCUT2D eigenvalue weighted by Gasteiger charge is -2.24. The number of aromatic amines is 1. The monoisotopic (exact) mass is 713 g/mol. The highest BCUT2D eigenvalue weighted by Crippen LogP contribution is 2.37. The van der Waals surface area contributed by atoms with Crippen molar-refractivity contribution in [3.63, 3.8) is 0 Å². The maximum absolute atomic E-state index is 13.4. The highest BCUT2D eigenvalue weighted by Gasteiger charge is 2.52. The van der Waals surface area contributed by atoms with Crippen molar-refractivity contribution < 1.29 is 42.3 Å². The Kier molecular flexibility index (Phi) is 10.7. The molecule has 1 fully saturated rings. The molecule has 0 saturated carbocycles. The number of carbonyl (C=O) groups excluding carboxylic acids is 4. The molecule has 6 rings (SSSR count). The van der Waals surface area contributed by atoms with Crippen LogP contribution < -0.4 is 15.1 Å². The van der Waals surface area contributed by atoms with Gasteiger partial charge >= 0.3 is 17.2 Å². The van der Waals surface area contributed by atoms with Crippen LogP contribution in [0.4, 0.5) is 10.7 Å². The average Bonchev–Trinajstić information content (AvgIpc) is 3.71. The number of rotatable bonds is 11. The summed E-state index contributed by atoms with van der Waals surface area (Å²) in [5, 5.41) is 1.62. The minimum absolute atomic E-state index is 0.0490. The molecule has 262 valence electrons. The Labute approximate surface area is 294 Å². The largest absolute Gasteiger partial charge is 0.459 e. The lowest BCUT2D eigenvalue weighted by Crippen LogP contribution is -2.41. The zero-order chi connectivity index (χ0) is 35.9. The summed E-state index contributed by atoms with van der Waals surface area (Å²) < 4.78 is 30.5. The van der Waals surface area contributed by atoms with Gasteiger partial charge in [-0.2, -0.15) is 4.98 Å². The number of fused-ring (bicyclic) bond motifs is 1. The Balaban J connectivity index is 1.37. The van der Waals surface area contributed by atoms with Crippen LogP contribution in [0.15, 0.2) is 102 Å². The van der Waals surface area contributed by atoms with Crippen LogP contribution in [0.3, 0.4) is 0 Å². The van der Waals surface area contributed by atoms with Gasteiger partial charge in [-0.1, -0.05) is 68.4 Å². The number of nitrogens with one attached hydrogen (secondary N) is 2. The summed E-state index contributed by atoms with van der Waals surface area (Å²) >= 11 is 0.382. The molecule has 1 aliphatic heterocycles. The molecule has 2 N–H and O–H groups in total. The second kappa shape index (κ2) is 15.7. The number of anilines is 1. The molecule has 3 aromatic carbocycles. The van der Waals surface area contributed by atoms with Crippen LogP contribution in [0, 0.1) is 5.92 Å². The third kappa shape index (κ3) is 8.25. The molecule has 0 unspecified atom stereocenters. The van der Waals surface area contributed by atoms with Crippen LogP contribution in [-0.2, 0) is 23.7 Å². The van der Waals surface area contributed by atoms with Gasteiger partial charge in [0.1, 0.15) is 18.5 Å². The molecule has 5 aromatic rings. The van der Waals surface area contributed by atoms with E-state index in [1.54, 1.807) is 92.7 Å². The maximum atomic E-state index is 13.4. The van der Waals surface area contributed by atoms with Crippen molar-refractivity contribution in [1.82, 2.24) is 19.5 Å². The first-order chi connectivity index (χ1) is 24.7. The van der Waals surface area contributed by atoms with Gasteiger partial charge in [0.2, 0.25) is 11.9 Å². The van der Waals surface area contributed by atoms with Crippen LogP contribution in [0.1, 0.15) is 40.8 Å². The van der Waals surface area contributed by atoms with Gasteiger partial charge in [0.25, 0.3) is 5.56 Å². The van der Waals surface area contributed by atoms with Crippen molar-refractivity contribution in [2.75, 3.05) is 11.9 Å². The summed E-state index contributed by atoms with van der Waals surface area (Å²) in [4.78, 5) is 76.1. The molecule has 4 atom stereocenters. The van der Waals surface area contributed by atoms with Gasteiger partial charge in [-0.25, -0.2) is 19.4 Å². The number of carbonyl (C=O) groups is 4. The van der Waals surface area contributed by atoms with Crippen LogP contribution in [0.5, 0.6) is 5.75 Å². The van der Waals surface area contributed by atoms with E-state index < -0.39 is 65.8 Å². The van der Waals surface area contributed by atoms with Crippen molar-refractivity contribution in [2.24, 2.45) is 5.92 Å². The van der Waals surface area contributed by atoms with E-state index in [4.69, 9.17) is 23.1 Å². The molecule has 3 heterocycles. The molecule has 0 bridgehead atoms. The van der Waals surface area contributed by atoms with Crippen LogP contribution in [0.2, 0.25) is 0 Å². The molecular formula is C35H31N5O10S. The van der Waals surface area contributed by atoms with E-state index in [1.165, 1.54) is 23.0 Å². The SMILES string of the molecule is CC(C)C(=O)Nc1nc2c(ncn2[C@@H]2O[C@H](COC(=O)c3ccccc3)[C@@H](OC(=O)c3ccccc3)[C@H]2OC(=O)SOc2ccccc2)c(=O)[nH]1. The molecule has 2 aromatic heterocycles. The van der Waals surface area contributed by atoms with E-state index >= 15 is 0 Å². The number of amides is 1. The highest BCUT2D eigenvalue weighted by molar-refractivity contribution is 8.09. The number of ether oxygens (including phenoxy) is 4. The average molecular weight is 714 g/mol. The third-order valence-electron chi connectivity index (χ3n) is 7.58. The fourth-order valence-corrected chi connectivity index (χ4v) is 5.46. The Morgan fingerprint density at radius 3 is 2.16 bits per heavy atom. The Morgan fingerprint density at radius 2 is 1.51 bits per heavy atom. The topological polar surface area (TPSA) is 190 Å². The highest BCUT2D eigenvalue weighted by atomic mass is 32.2. The van der Waals surface area contributed by atoms with Gasteiger partial charge in [-0.05, 0) is 36.4 Å². The first-order valence-electron chi connectivity index (χ1n) is 15.7. The number of para-hydroxylation sites is 1. The standard InChI is InChI=1S/C35H31N5O10S/c1-20(2)29(41)38-34-37-28-25(30(42)39-34)36-19-40(28)31-27(49-35(45)51-50-23-16-10-5-11-17-23)26(48-33(44)22-14-8-4-9-15-22)24(47-31)18-46-32(43)21-12-6-3-7-13-21/h3-17,19-20,24,26-27,31H,18H2,1-2H3,(H2,37,38,39,41,42)/t24-,26-,27-,31-/m1/s1. The van der Waals surface area contributed by atoms with Crippen LogP contribution in [0.25, 0.3) is 11.2 Å². The van der Waals surface area contributed by atoms with Crippen molar-refractivity contribution in [3.05, 3.63) is 119 Å². The van der Waals surface area contributed by atoms with Gasteiger partial charge in [0, 0.05) is 5.92 Å². The van der Waals surface area contributed by atoms with Crippen molar-refractivity contribution in [3.8, 4) is 5.75 Å². The minimum Gasteiger partial charge on any atom is -0.459 e. The predicted molar refractivity (Wildman–Crippen MR) is 183 cm³/mol. The fourth-order valence-electron chi connectivity index (χ4n) is 5.04. The second-order valence-corrected chi connectivity index (χ2v) is 12.1. The Hall–Kier alpha value is -6.00. The van der Waals surface area contributed by atoms with Gasteiger partial charge in [0.05, 0.1) is 17.5 Å². The number of hydrogen-bond acceptors (Lipinski definition) is 13. The second-order valence-electron chi connectivity index (χ2n) is 11.5. The minimum atomic E-state index is -1.43. The first-order valence-corrected chi connectivity index (χ1v) is 16.4. The van der Waals surface area contributed by atoms with Crippen molar-refractivity contribution in [2.45, 2.75) is 38.4 Å². The number of hydrogen-bond donors (Lipinski definition) is 2. The van der Waals surface area contributed by atoms with Gasteiger partial charge in [0.15, 0.2) is 41.6 Å². The number of imidazole rings is 1. The summed E-state index contributed by atoms with van der Waals surface area (Å²) in [6.45, 7) is 2.90. The maximum Gasteiger partial charge on any atom is 0.407 e. The smallest absolute Gasteiger partial charge is 0.407 e. The molecule has 1 amide bonds. The molecular weight excluding hydrogens is 682 g/mol. The Morgan fingerprint density at radius 1 is 0.882 bits per heavy atom. The fraction of sp³-hybridized carbons (Fsp3) is 0.229. The van der Waals surface area contributed by atoms with E-state index in [1.807, 2.05) is 0 Å². The van der Waals surface area contributed by atoms with Gasteiger partial charge in [-0.3, -0.25) is 24.5 Å². The van der Waals surface area contributed by atoms with E-state index in [0.29, 0.717) is 17.8 Å². The molecule has 15 nitrogen and oxygen atoms in total. The molecule has 16 heteroatoms. The first kappa shape index (κ1) is 34.8. The van der Waals surface area contributed by atoms with Crippen LogP contribution >= 0.6 is 12.0 Å². The number of H-pyrrole nitrogens is 1. The Bertz CT molecular complexity index is 2070. The number of aromatic nitrogens is 4. The molecule has 1 aliphatic rings. The predicted octanol–water partition coefficient (Wildman–Crippen LogP) is 4.93. The van der Waals surface area contributed by atoms with Crippen molar-refractivity contribution in [1.29, 1.82) is 0 Å². The molecule has 0 aliphatic carbocycles. The van der Waals surface area contributed by atoms with E-state index in [0.717, 1.165) is 0 Å². The molecule has 0 spiro atoms. The normalized spacial score (nSPS) is 18.3. The third-order valence-corrected chi connectivity index (χ3v) is 8.09. The number of esters is 2. The summed E-state index contributed by atoms with van der Waals surface area (Å²) in [5.41, 5.74) is -0.379. The number of benzene rings is 3. The summed E-state index contributed by atoms with van der Waals surface area (Å²) in [7, 11) is 0. The zero-order valence-corrected chi connectivity index (χ0v) is 28.0. The quantitative estimate of drug-likeness (QED) is 0.107. The van der Waals surface area contributed by atoms with Gasteiger partial charge < -0.3 is 23.1 Å². The summed E-state index contributed by atoms with van der Waals surface area (Å²) in [5.74, 6) is -2.07. The molecule has 0 radical (unpaired) electrons. The zero-order valence-electron chi connectivity index (χ0n) is 27.2. The summed E-state index contributed by atoms with van der Waals surface area (Å²) in [6, 6.07) is 24.8. The molecule has 1 saturated heterocycles. The molecule has 51 heavy (non-hydrogen) atoms.